The van der Waals surface area contributed by atoms with Gasteiger partial charge in [-0.25, -0.2) is 4.79 Å². The van der Waals surface area contributed by atoms with Gasteiger partial charge in [-0.15, -0.1) is 0 Å². The van der Waals surface area contributed by atoms with Crippen LogP contribution in [-0.4, -0.2) is 12.6 Å². The van der Waals surface area contributed by atoms with E-state index in [1.54, 1.807) is 13.0 Å². The van der Waals surface area contributed by atoms with Crippen molar-refractivity contribution in [3.63, 3.8) is 0 Å². The van der Waals surface area contributed by atoms with Crippen molar-refractivity contribution in [3.05, 3.63) is 22.8 Å². The van der Waals surface area contributed by atoms with E-state index in [-0.39, 0.29) is 5.97 Å². The zero-order valence-electron chi connectivity index (χ0n) is 9.25. The molecule has 0 amide bonds. The van der Waals surface area contributed by atoms with Gasteiger partial charge in [-0.1, -0.05) is 24.6 Å². The zero-order chi connectivity index (χ0) is 11.3. The van der Waals surface area contributed by atoms with E-state index in [2.05, 4.69) is 6.92 Å². The maximum atomic E-state index is 11.1. The van der Waals surface area contributed by atoms with Gasteiger partial charge in [0.05, 0.1) is 6.61 Å². The summed E-state index contributed by atoms with van der Waals surface area (Å²) in [5.74, 6) is 0.349. The first-order valence-corrected chi connectivity index (χ1v) is 5.73. The van der Waals surface area contributed by atoms with E-state index in [9.17, 15) is 4.79 Å². The van der Waals surface area contributed by atoms with Gasteiger partial charge in [0, 0.05) is 11.1 Å². The SMILES string of the molecule is CCOC(=O)C=CC1=C(Cl)CCC(C)C1. The van der Waals surface area contributed by atoms with Gasteiger partial charge >= 0.3 is 5.97 Å². The summed E-state index contributed by atoms with van der Waals surface area (Å²) in [6, 6.07) is 0. The first-order chi connectivity index (χ1) is 7.13. The number of carbonyl (C=O) groups is 1. The van der Waals surface area contributed by atoms with Crippen LogP contribution in [0.3, 0.4) is 0 Å². The molecule has 0 aromatic rings. The minimum atomic E-state index is -0.298. The van der Waals surface area contributed by atoms with Gasteiger partial charge in [-0.3, -0.25) is 0 Å². The third kappa shape index (κ3) is 4.08. The maximum Gasteiger partial charge on any atom is 0.330 e. The largest absolute Gasteiger partial charge is 0.463 e. The van der Waals surface area contributed by atoms with Gasteiger partial charge in [0.2, 0.25) is 0 Å². The number of esters is 1. The van der Waals surface area contributed by atoms with Crippen molar-refractivity contribution >= 4 is 17.6 Å². The Labute approximate surface area is 95.9 Å². The molecule has 84 valence electrons. The molecule has 0 bridgehead atoms. The summed E-state index contributed by atoms with van der Waals surface area (Å²) in [7, 11) is 0. The predicted octanol–water partition coefficient (Wildman–Crippen LogP) is 3.42. The highest BCUT2D eigenvalue weighted by atomic mass is 35.5. The van der Waals surface area contributed by atoms with Gasteiger partial charge in [-0.05, 0) is 37.7 Å². The molecule has 0 aromatic carbocycles. The minimum absolute atomic E-state index is 0.298. The summed E-state index contributed by atoms with van der Waals surface area (Å²) in [4.78, 5) is 11.1. The number of halogens is 1. The van der Waals surface area contributed by atoms with Crippen molar-refractivity contribution in [1.82, 2.24) is 0 Å². The second-order valence-electron chi connectivity index (χ2n) is 3.86. The van der Waals surface area contributed by atoms with Gasteiger partial charge in [-0.2, -0.15) is 0 Å². The maximum absolute atomic E-state index is 11.1. The molecule has 1 aliphatic carbocycles. The van der Waals surface area contributed by atoms with Crippen LogP contribution in [0.4, 0.5) is 0 Å². The minimum Gasteiger partial charge on any atom is -0.463 e. The van der Waals surface area contributed by atoms with Crippen LogP contribution in [0.2, 0.25) is 0 Å². The van der Waals surface area contributed by atoms with Crippen LogP contribution in [-0.2, 0) is 9.53 Å². The van der Waals surface area contributed by atoms with Crippen molar-refractivity contribution in [1.29, 1.82) is 0 Å². The molecule has 0 aromatic heterocycles. The summed E-state index contributed by atoms with van der Waals surface area (Å²) in [6.07, 6.45) is 6.25. The van der Waals surface area contributed by atoms with Crippen LogP contribution in [0.15, 0.2) is 22.8 Å². The molecule has 3 heteroatoms. The number of carbonyl (C=O) groups excluding carboxylic acids is 1. The molecule has 0 radical (unpaired) electrons. The van der Waals surface area contributed by atoms with Crippen LogP contribution in [0, 0.1) is 5.92 Å². The topological polar surface area (TPSA) is 26.3 Å². The lowest BCUT2D eigenvalue weighted by Gasteiger charge is -2.19. The molecule has 1 unspecified atom stereocenters. The second kappa shape index (κ2) is 5.96. The highest BCUT2D eigenvalue weighted by molar-refractivity contribution is 6.30. The third-order valence-corrected chi connectivity index (χ3v) is 2.91. The van der Waals surface area contributed by atoms with E-state index >= 15 is 0 Å². The molecule has 1 rings (SSSR count). The van der Waals surface area contributed by atoms with Gasteiger partial charge in [0.1, 0.15) is 0 Å². The Balaban J connectivity index is 2.59. The Morgan fingerprint density at radius 3 is 3.07 bits per heavy atom. The molecule has 0 heterocycles. The number of hydrogen-bond donors (Lipinski definition) is 0. The number of hydrogen-bond acceptors (Lipinski definition) is 2. The molecular formula is C12H17ClO2. The Bertz CT molecular complexity index is 292. The van der Waals surface area contributed by atoms with Crippen LogP contribution in [0.5, 0.6) is 0 Å². The van der Waals surface area contributed by atoms with Crippen molar-refractivity contribution < 1.29 is 9.53 Å². The molecule has 0 saturated carbocycles. The molecule has 1 atom stereocenters. The second-order valence-corrected chi connectivity index (χ2v) is 4.32. The fourth-order valence-corrected chi connectivity index (χ4v) is 1.89. The fourth-order valence-electron chi connectivity index (χ4n) is 1.64. The van der Waals surface area contributed by atoms with Gasteiger partial charge in [0.15, 0.2) is 0 Å². The van der Waals surface area contributed by atoms with Crippen LogP contribution >= 0.6 is 11.6 Å². The van der Waals surface area contributed by atoms with Crippen molar-refractivity contribution in [2.75, 3.05) is 6.61 Å². The quantitative estimate of drug-likeness (QED) is 0.547. The monoisotopic (exact) mass is 228 g/mol. The van der Waals surface area contributed by atoms with Crippen molar-refractivity contribution in [3.8, 4) is 0 Å². The Morgan fingerprint density at radius 2 is 2.40 bits per heavy atom. The lowest BCUT2D eigenvalue weighted by molar-refractivity contribution is -0.137. The average Bonchev–Trinajstić information content (AvgIpc) is 2.20. The number of rotatable bonds is 3. The van der Waals surface area contributed by atoms with E-state index < -0.39 is 0 Å². The summed E-state index contributed by atoms with van der Waals surface area (Å²) in [5.41, 5.74) is 1.07. The van der Waals surface area contributed by atoms with E-state index in [0.717, 1.165) is 29.9 Å². The fraction of sp³-hybridized carbons (Fsp3) is 0.583. The first-order valence-electron chi connectivity index (χ1n) is 5.35. The van der Waals surface area contributed by atoms with Crippen LogP contribution in [0.25, 0.3) is 0 Å². The third-order valence-electron chi connectivity index (χ3n) is 2.48. The lowest BCUT2D eigenvalue weighted by Crippen LogP contribution is -2.05. The summed E-state index contributed by atoms with van der Waals surface area (Å²) >= 11 is 6.08. The van der Waals surface area contributed by atoms with Gasteiger partial charge in [0.25, 0.3) is 0 Å². The smallest absolute Gasteiger partial charge is 0.330 e. The van der Waals surface area contributed by atoms with Crippen LogP contribution < -0.4 is 0 Å². The van der Waals surface area contributed by atoms with E-state index in [4.69, 9.17) is 16.3 Å². The highest BCUT2D eigenvalue weighted by Gasteiger charge is 2.14. The average molecular weight is 229 g/mol. The summed E-state index contributed by atoms with van der Waals surface area (Å²) in [6.45, 7) is 4.40. The molecule has 0 fully saturated rings. The summed E-state index contributed by atoms with van der Waals surface area (Å²) in [5, 5.41) is 0.883. The van der Waals surface area contributed by atoms with Crippen molar-refractivity contribution in [2.24, 2.45) is 5.92 Å². The molecule has 0 N–H and O–H groups in total. The zero-order valence-corrected chi connectivity index (χ0v) is 10.0. The predicted molar refractivity (Wildman–Crippen MR) is 61.7 cm³/mol. The molecular weight excluding hydrogens is 212 g/mol. The Morgan fingerprint density at radius 1 is 1.67 bits per heavy atom. The van der Waals surface area contributed by atoms with Gasteiger partial charge < -0.3 is 4.74 Å². The normalized spacial score (nSPS) is 22.2. The van der Waals surface area contributed by atoms with E-state index in [1.165, 1.54) is 6.08 Å². The van der Waals surface area contributed by atoms with Crippen molar-refractivity contribution in [2.45, 2.75) is 33.1 Å². The number of ether oxygens (including phenoxy) is 1. The van der Waals surface area contributed by atoms with E-state index in [1.807, 2.05) is 0 Å². The Hall–Kier alpha value is -0.760. The highest BCUT2D eigenvalue weighted by Crippen LogP contribution is 2.31. The molecule has 2 nitrogen and oxygen atoms in total. The van der Waals surface area contributed by atoms with Crippen LogP contribution in [0.1, 0.15) is 33.1 Å². The number of allylic oxidation sites excluding steroid dienone is 3. The molecule has 0 spiro atoms. The summed E-state index contributed by atoms with van der Waals surface area (Å²) < 4.78 is 4.80. The van der Waals surface area contributed by atoms with E-state index in [0.29, 0.717) is 12.5 Å². The standard InChI is InChI=1S/C12H17ClO2/c1-3-15-12(14)7-5-10-8-9(2)4-6-11(10)13/h5,7,9H,3-4,6,8H2,1-2H3. The molecule has 0 saturated heterocycles. The molecule has 1 aliphatic rings. The first kappa shape index (κ1) is 12.3. The Kier molecular flexibility index (Phi) is 4.89. The lowest BCUT2D eigenvalue weighted by atomic mass is 9.90. The molecule has 15 heavy (non-hydrogen) atoms. The molecule has 0 aliphatic heterocycles.